The summed E-state index contributed by atoms with van der Waals surface area (Å²) in [5.41, 5.74) is 4.38. The van der Waals surface area contributed by atoms with Gasteiger partial charge in [0, 0.05) is 0 Å². The summed E-state index contributed by atoms with van der Waals surface area (Å²) in [5.74, 6) is 2.77. The summed E-state index contributed by atoms with van der Waals surface area (Å²) in [6.07, 6.45) is 13.1. The summed E-state index contributed by atoms with van der Waals surface area (Å²) in [5, 5.41) is 0. The van der Waals surface area contributed by atoms with E-state index in [1.807, 2.05) is 0 Å². The lowest BCUT2D eigenvalue weighted by Crippen LogP contribution is -2.14. The van der Waals surface area contributed by atoms with Crippen LogP contribution in [0.4, 0.5) is 0 Å². The zero-order valence-corrected chi connectivity index (χ0v) is 18.8. The van der Waals surface area contributed by atoms with Gasteiger partial charge in [-0.15, -0.1) is 0 Å². The minimum Gasteiger partial charge on any atom is -0.491 e. The highest BCUT2D eigenvalue weighted by atomic mass is 16.5. The first-order valence-corrected chi connectivity index (χ1v) is 12.0. The highest BCUT2D eigenvalue weighted by Crippen LogP contribution is 2.37. The molecule has 1 aliphatic carbocycles. The van der Waals surface area contributed by atoms with Gasteiger partial charge in [0.05, 0.1) is 6.10 Å². The van der Waals surface area contributed by atoms with E-state index in [2.05, 4.69) is 69.3 Å². The van der Waals surface area contributed by atoms with Gasteiger partial charge in [0.1, 0.15) is 5.75 Å². The molecule has 1 nitrogen and oxygen atoms in total. The van der Waals surface area contributed by atoms with Crippen LogP contribution in [0.5, 0.6) is 5.75 Å². The summed E-state index contributed by atoms with van der Waals surface area (Å²) in [6, 6.07) is 18.1. The van der Waals surface area contributed by atoms with Crippen molar-refractivity contribution in [1.82, 2.24) is 0 Å². The molecule has 1 saturated carbocycles. The third kappa shape index (κ3) is 6.91. The zero-order chi connectivity index (χ0) is 20.5. The fourth-order valence-corrected chi connectivity index (χ4v) is 4.83. The highest BCUT2D eigenvalue weighted by molar-refractivity contribution is 5.28. The smallest absolute Gasteiger partial charge is 0.119 e. The van der Waals surface area contributed by atoms with Crippen molar-refractivity contribution >= 4 is 0 Å². The molecule has 1 heteroatoms. The van der Waals surface area contributed by atoms with Crippen LogP contribution < -0.4 is 4.74 Å². The van der Waals surface area contributed by atoms with Crippen molar-refractivity contribution in [3.8, 4) is 5.75 Å². The molecule has 0 spiro atoms. The molecular weight excluding hydrogens is 352 g/mol. The summed E-state index contributed by atoms with van der Waals surface area (Å²) < 4.78 is 6.12. The third-order valence-electron chi connectivity index (χ3n) is 6.63. The average Bonchev–Trinajstić information content (AvgIpc) is 2.75. The van der Waals surface area contributed by atoms with Gasteiger partial charge in [0.25, 0.3) is 0 Å². The number of hydrogen-bond acceptors (Lipinski definition) is 1. The van der Waals surface area contributed by atoms with Crippen molar-refractivity contribution in [3.05, 3.63) is 65.2 Å². The molecule has 1 aliphatic rings. The van der Waals surface area contributed by atoms with E-state index in [-0.39, 0.29) is 6.10 Å². The Balaban J connectivity index is 1.42. The molecule has 0 saturated heterocycles. The van der Waals surface area contributed by atoms with E-state index >= 15 is 0 Å². The zero-order valence-electron chi connectivity index (χ0n) is 18.8. The van der Waals surface area contributed by atoms with Gasteiger partial charge >= 0.3 is 0 Å². The fraction of sp³-hybridized carbons (Fsp3) is 0.571. The Hall–Kier alpha value is -1.76. The second-order valence-electron chi connectivity index (χ2n) is 9.11. The third-order valence-corrected chi connectivity index (χ3v) is 6.63. The minimum absolute atomic E-state index is 0.237. The molecule has 0 unspecified atom stereocenters. The van der Waals surface area contributed by atoms with Gasteiger partial charge in [-0.3, -0.25) is 0 Å². The molecule has 2 aromatic carbocycles. The van der Waals surface area contributed by atoms with E-state index in [9.17, 15) is 0 Å². The van der Waals surface area contributed by atoms with Gasteiger partial charge in [-0.1, -0.05) is 69.5 Å². The van der Waals surface area contributed by atoms with Crippen molar-refractivity contribution < 1.29 is 4.74 Å². The van der Waals surface area contributed by atoms with Gasteiger partial charge in [0.15, 0.2) is 0 Å². The highest BCUT2D eigenvalue weighted by Gasteiger charge is 2.21. The Morgan fingerprint density at radius 3 is 2.03 bits per heavy atom. The van der Waals surface area contributed by atoms with E-state index < -0.39 is 0 Å². The molecule has 29 heavy (non-hydrogen) atoms. The molecule has 0 N–H and O–H groups in total. The van der Waals surface area contributed by atoms with Gasteiger partial charge < -0.3 is 4.74 Å². The molecule has 0 amide bonds. The molecule has 0 bridgehead atoms. The molecule has 3 rings (SSSR count). The van der Waals surface area contributed by atoms with Crippen LogP contribution in [-0.4, -0.2) is 6.10 Å². The first-order chi connectivity index (χ1) is 14.2. The van der Waals surface area contributed by atoms with Crippen molar-refractivity contribution in [3.63, 3.8) is 0 Å². The van der Waals surface area contributed by atoms with Crippen LogP contribution in [-0.2, 0) is 12.8 Å². The standard InChI is InChI=1S/C28H40O/c1-4-6-23-10-16-26(17-11-23)27-18-12-25(13-19-27)9-8-22(3)29-28-20-14-24(7-5-2)15-21-28/h12-15,18-23,26H,4-11,16-17H2,1-3H3/t22-,23?,26?/m1/s1. The maximum absolute atomic E-state index is 6.12. The molecule has 0 radical (unpaired) electrons. The molecule has 1 atom stereocenters. The lowest BCUT2D eigenvalue weighted by atomic mass is 9.77. The monoisotopic (exact) mass is 392 g/mol. The van der Waals surface area contributed by atoms with Crippen LogP contribution >= 0.6 is 0 Å². The SMILES string of the molecule is CCCc1ccc(O[C@H](C)CCc2ccc(C3CCC(CCC)CC3)cc2)cc1. The van der Waals surface area contributed by atoms with Gasteiger partial charge in [-0.25, -0.2) is 0 Å². The second-order valence-corrected chi connectivity index (χ2v) is 9.11. The molecular formula is C28H40O. The Morgan fingerprint density at radius 2 is 1.41 bits per heavy atom. The van der Waals surface area contributed by atoms with E-state index in [0.717, 1.165) is 36.8 Å². The number of rotatable bonds is 10. The van der Waals surface area contributed by atoms with E-state index in [0.29, 0.717) is 0 Å². The van der Waals surface area contributed by atoms with Crippen molar-refractivity contribution in [1.29, 1.82) is 0 Å². The topological polar surface area (TPSA) is 9.23 Å². The summed E-state index contributed by atoms with van der Waals surface area (Å²) >= 11 is 0. The number of benzene rings is 2. The Labute approximate surface area is 178 Å². The normalized spacial score (nSPS) is 20.4. The first kappa shape index (κ1) is 21.9. The van der Waals surface area contributed by atoms with Crippen molar-refractivity contribution in [2.75, 3.05) is 0 Å². The summed E-state index contributed by atoms with van der Waals surface area (Å²) in [4.78, 5) is 0. The molecule has 0 aliphatic heterocycles. The molecule has 0 heterocycles. The van der Waals surface area contributed by atoms with Crippen molar-refractivity contribution in [2.24, 2.45) is 5.92 Å². The minimum atomic E-state index is 0.237. The van der Waals surface area contributed by atoms with Crippen LogP contribution in [0.3, 0.4) is 0 Å². The number of hydrogen-bond donors (Lipinski definition) is 0. The summed E-state index contributed by atoms with van der Waals surface area (Å²) in [6.45, 7) is 6.72. The molecule has 2 aromatic rings. The van der Waals surface area contributed by atoms with E-state index in [4.69, 9.17) is 4.74 Å². The lowest BCUT2D eigenvalue weighted by molar-refractivity contribution is 0.211. The second kappa shape index (κ2) is 11.4. The van der Waals surface area contributed by atoms with Crippen LogP contribution in [0.2, 0.25) is 0 Å². The lowest BCUT2D eigenvalue weighted by Gasteiger charge is -2.28. The van der Waals surface area contributed by atoms with Crippen molar-refractivity contribution in [2.45, 2.75) is 97.0 Å². The Kier molecular flexibility index (Phi) is 8.65. The van der Waals surface area contributed by atoms with Crippen LogP contribution in [0.15, 0.2) is 48.5 Å². The van der Waals surface area contributed by atoms with Gasteiger partial charge in [-0.2, -0.15) is 0 Å². The van der Waals surface area contributed by atoms with Crippen LogP contribution in [0.25, 0.3) is 0 Å². The maximum Gasteiger partial charge on any atom is 0.119 e. The number of aryl methyl sites for hydroxylation is 2. The van der Waals surface area contributed by atoms with Gasteiger partial charge in [-0.05, 0) is 92.5 Å². The fourth-order valence-electron chi connectivity index (χ4n) is 4.83. The quantitative estimate of drug-likeness (QED) is 0.397. The molecule has 158 valence electrons. The van der Waals surface area contributed by atoms with E-state index in [1.165, 1.54) is 56.1 Å². The largest absolute Gasteiger partial charge is 0.491 e. The Morgan fingerprint density at radius 1 is 0.793 bits per heavy atom. The van der Waals surface area contributed by atoms with Crippen LogP contribution in [0.1, 0.15) is 94.7 Å². The predicted octanol–water partition coefficient (Wildman–Crippen LogP) is 8.11. The summed E-state index contributed by atoms with van der Waals surface area (Å²) in [7, 11) is 0. The molecule has 0 aromatic heterocycles. The number of ether oxygens (including phenoxy) is 1. The van der Waals surface area contributed by atoms with Gasteiger partial charge in [0.2, 0.25) is 0 Å². The van der Waals surface area contributed by atoms with E-state index in [1.54, 1.807) is 5.56 Å². The van der Waals surface area contributed by atoms with Crippen LogP contribution in [0, 0.1) is 5.92 Å². The average molecular weight is 393 g/mol. The molecule has 1 fully saturated rings. The maximum atomic E-state index is 6.12. The first-order valence-electron chi connectivity index (χ1n) is 12.0. The Bertz CT molecular complexity index is 692. The predicted molar refractivity (Wildman–Crippen MR) is 125 cm³/mol.